The maximum Gasteiger partial charge on any atom is 0.259 e. The third kappa shape index (κ3) is 6.42. The molecule has 10 heteroatoms. The molecule has 0 N–H and O–H groups in total. The topological polar surface area (TPSA) is 90.1 Å². The van der Waals surface area contributed by atoms with Crippen molar-refractivity contribution < 1.29 is 13.7 Å². The number of aryl methyl sites for hydroxylation is 1. The van der Waals surface area contributed by atoms with Crippen LogP contribution in [0, 0.1) is 12.7 Å². The molecule has 0 bridgehead atoms. The van der Waals surface area contributed by atoms with E-state index in [1.807, 2.05) is 24.3 Å². The minimum Gasteiger partial charge on any atom is -0.473 e. The fourth-order valence-corrected chi connectivity index (χ4v) is 5.12. The first-order valence-electron chi connectivity index (χ1n) is 13.5. The maximum atomic E-state index is 14.1. The number of halogens is 2. The molecule has 0 aliphatic carbocycles. The molecule has 208 valence electrons. The number of ether oxygens (including phenoxy) is 1. The molecule has 0 unspecified atom stereocenters. The van der Waals surface area contributed by atoms with Gasteiger partial charge in [-0.3, -0.25) is 14.9 Å². The first-order chi connectivity index (χ1) is 20.0. The van der Waals surface area contributed by atoms with Crippen molar-refractivity contribution in [1.29, 1.82) is 0 Å². The van der Waals surface area contributed by atoms with Gasteiger partial charge in [0.25, 0.3) is 5.89 Å². The number of nitrogens with zero attached hydrogens (tertiary/aromatic N) is 6. The van der Waals surface area contributed by atoms with Crippen molar-refractivity contribution in [2.45, 2.75) is 38.8 Å². The number of hydrogen-bond acceptors (Lipinski definition) is 8. The van der Waals surface area contributed by atoms with Crippen LogP contribution in [0.25, 0.3) is 22.8 Å². The van der Waals surface area contributed by atoms with Gasteiger partial charge in [-0.25, -0.2) is 9.37 Å². The lowest BCUT2D eigenvalue weighted by atomic mass is 9.93. The van der Waals surface area contributed by atoms with E-state index in [-0.39, 0.29) is 12.4 Å². The Bertz CT molecular complexity index is 1640. The van der Waals surface area contributed by atoms with Gasteiger partial charge < -0.3 is 9.26 Å². The van der Waals surface area contributed by atoms with Crippen LogP contribution in [-0.4, -0.2) is 43.1 Å². The molecule has 1 fully saturated rings. The van der Waals surface area contributed by atoms with E-state index in [0.717, 1.165) is 60.6 Å². The summed E-state index contributed by atoms with van der Waals surface area (Å²) in [5, 5.41) is 4.49. The van der Waals surface area contributed by atoms with E-state index in [2.05, 4.69) is 33.0 Å². The van der Waals surface area contributed by atoms with Crippen LogP contribution in [0.3, 0.4) is 0 Å². The molecular weight excluding hydrogens is 543 g/mol. The molecule has 0 saturated carbocycles. The Labute approximate surface area is 242 Å². The molecule has 1 aromatic carbocycles. The van der Waals surface area contributed by atoms with Gasteiger partial charge in [0.05, 0.1) is 11.3 Å². The standard InChI is InChI=1S/C31H28ClFN6O2/c1-20-14-24(30-37-31(41-38-30)22-4-3-11-34-16-22)17-35-28(20)18-39-12-9-21(10-13-39)27-5-2-6-29(36-27)40-19-23-7-8-25(32)15-26(23)33/h2-8,11,14-17,21H,9-10,12-13,18-19H2,1H3. The molecule has 1 saturated heterocycles. The lowest BCUT2D eigenvalue weighted by Crippen LogP contribution is -2.33. The average molecular weight is 571 g/mol. The molecule has 1 aliphatic rings. The average Bonchev–Trinajstić information content (AvgIpc) is 3.49. The zero-order valence-corrected chi connectivity index (χ0v) is 23.3. The molecule has 0 amide bonds. The number of rotatable bonds is 8. The predicted molar refractivity (Wildman–Crippen MR) is 153 cm³/mol. The number of pyridine rings is 3. The highest BCUT2D eigenvalue weighted by atomic mass is 35.5. The maximum absolute atomic E-state index is 14.1. The van der Waals surface area contributed by atoms with Gasteiger partial charge in [0.15, 0.2) is 0 Å². The normalized spacial score (nSPS) is 14.3. The van der Waals surface area contributed by atoms with Crippen LogP contribution < -0.4 is 4.74 Å². The van der Waals surface area contributed by atoms with Crippen molar-refractivity contribution in [1.82, 2.24) is 30.0 Å². The van der Waals surface area contributed by atoms with Crippen LogP contribution in [-0.2, 0) is 13.2 Å². The molecule has 5 aromatic rings. The lowest BCUT2D eigenvalue weighted by molar-refractivity contribution is 0.200. The zero-order chi connectivity index (χ0) is 28.2. The van der Waals surface area contributed by atoms with Crippen molar-refractivity contribution in [2.75, 3.05) is 13.1 Å². The Hall–Kier alpha value is -4.21. The minimum atomic E-state index is -0.384. The van der Waals surface area contributed by atoms with E-state index in [0.29, 0.717) is 34.1 Å². The van der Waals surface area contributed by atoms with Gasteiger partial charge in [-0.15, -0.1) is 0 Å². The highest BCUT2D eigenvalue weighted by Gasteiger charge is 2.23. The van der Waals surface area contributed by atoms with Crippen LogP contribution >= 0.6 is 11.6 Å². The Morgan fingerprint density at radius 2 is 1.90 bits per heavy atom. The number of aromatic nitrogens is 5. The molecule has 1 aliphatic heterocycles. The Balaban J connectivity index is 1.04. The highest BCUT2D eigenvalue weighted by molar-refractivity contribution is 6.30. The number of hydrogen-bond donors (Lipinski definition) is 0. The van der Waals surface area contributed by atoms with Crippen LogP contribution in [0.1, 0.15) is 41.3 Å². The number of likely N-dealkylation sites (tertiary alicyclic amines) is 1. The largest absolute Gasteiger partial charge is 0.473 e. The fraction of sp³-hybridized carbons (Fsp3) is 0.258. The van der Waals surface area contributed by atoms with Crippen molar-refractivity contribution in [3.8, 4) is 28.7 Å². The van der Waals surface area contributed by atoms with Gasteiger partial charge in [0.1, 0.15) is 12.4 Å². The first kappa shape index (κ1) is 27.0. The summed E-state index contributed by atoms with van der Waals surface area (Å²) in [4.78, 5) is 20.5. The van der Waals surface area contributed by atoms with Crippen LogP contribution in [0.4, 0.5) is 4.39 Å². The molecule has 0 radical (unpaired) electrons. The SMILES string of the molecule is Cc1cc(-c2noc(-c3cccnc3)n2)cnc1CN1CCC(c2cccc(OCc3ccc(Cl)cc3F)n2)CC1. The predicted octanol–water partition coefficient (Wildman–Crippen LogP) is 6.65. The van der Waals surface area contributed by atoms with E-state index >= 15 is 0 Å². The lowest BCUT2D eigenvalue weighted by Gasteiger charge is -2.31. The zero-order valence-electron chi connectivity index (χ0n) is 22.5. The molecule has 0 atom stereocenters. The Kier molecular flexibility index (Phi) is 7.98. The monoisotopic (exact) mass is 570 g/mol. The number of piperidine rings is 1. The summed E-state index contributed by atoms with van der Waals surface area (Å²) in [7, 11) is 0. The quantitative estimate of drug-likeness (QED) is 0.205. The van der Waals surface area contributed by atoms with E-state index in [4.69, 9.17) is 30.8 Å². The van der Waals surface area contributed by atoms with Gasteiger partial charge in [-0.05, 0) is 74.8 Å². The van der Waals surface area contributed by atoms with E-state index in [9.17, 15) is 4.39 Å². The van der Waals surface area contributed by atoms with E-state index < -0.39 is 0 Å². The molecule has 8 nitrogen and oxygen atoms in total. The van der Waals surface area contributed by atoms with Crippen molar-refractivity contribution in [3.63, 3.8) is 0 Å². The van der Waals surface area contributed by atoms with Crippen molar-refractivity contribution in [3.05, 3.63) is 107 Å². The summed E-state index contributed by atoms with van der Waals surface area (Å²) in [6, 6.07) is 16.1. The van der Waals surface area contributed by atoms with Crippen LogP contribution in [0.15, 0.2) is 77.7 Å². The third-order valence-electron chi connectivity index (χ3n) is 7.29. The van der Waals surface area contributed by atoms with E-state index in [1.54, 1.807) is 36.8 Å². The first-order valence-corrected chi connectivity index (χ1v) is 13.9. The summed E-state index contributed by atoms with van der Waals surface area (Å²) in [6.45, 7) is 4.81. The van der Waals surface area contributed by atoms with Crippen molar-refractivity contribution >= 4 is 11.6 Å². The summed E-state index contributed by atoms with van der Waals surface area (Å²) in [6.07, 6.45) is 7.17. The second kappa shape index (κ2) is 12.1. The van der Waals surface area contributed by atoms with Crippen molar-refractivity contribution in [2.24, 2.45) is 0 Å². The van der Waals surface area contributed by atoms with E-state index in [1.165, 1.54) is 6.07 Å². The molecule has 4 aromatic heterocycles. The van der Waals surface area contributed by atoms with Gasteiger partial charge in [0.2, 0.25) is 11.7 Å². The molecule has 0 spiro atoms. The smallest absolute Gasteiger partial charge is 0.259 e. The van der Waals surface area contributed by atoms with Gasteiger partial charge in [0, 0.05) is 59.0 Å². The minimum absolute atomic E-state index is 0.0986. The molecule has 41 heavy (non-hydrogen) atoms. The Morgan fingerprint density at radius 1 is 1.02 bits per heavy atom. The van der Waals surface area contributed by atoms with Gasteiger partial charge in [-0.2, -0.15) is 4.98 Å². The number of benzene rings is 1. The van der Waals surface area contributed by atoms with Crippen LogP contribution in [0.2, 0.25) is 5.02 Å². The second-order valence-electron chi connectivity index (χ2n) is 10.1. The van der Waals surface area contributed by atoms with Crippen LogP contribution in [0.5, 0.6) is 5.88 Å². The summed E-state index contributed by atoms with van der Waals surface area (Å²) < 4.78 is 25.3. The summed E-state index contributed by atoms with van der Waals surface area (Å²) in [5.74, 6) is 1.38. The fourth-order valence-electron chi connectivity index (χ4n) is 4.97. The molecule has 6 rings (SSSR count). The molecular formula is C31H28ClFN6O2. The summed E-state index contributed by atoms with van der Waals surface area (Å²) >= 11 is 5.84. The molecule has 5 heterocycles. The second-order valence-corrected chi connectivity index (χ2v) is 10.6. The van der Waals surface area contributed by atoms with Gasteiger partial charge >= 0.3 is 0 Å². The summed E-state index contributed by atoms with van der Waals surface area (Å²) in [5.41, 5.74) is 5.16. The Morgan fingerprint density at radius 3 is 2.68 bits per heavy atom. The van der Waals surface area contributed by atoms with Gasteiger partial charge in [-0.1, -0.05) is 28.9 Å². The third-order valence-corrected chi connectivity index (χ3v) is 7.53. The highest BCUT2D eigenvalue weighted by Crippen LogP contribution is 2.29.